The molecule has 2 heterocycles. The summed E-state index contributed by atoms with van der Waals surface area (Å²) in [6, 6.07) is 1.91. The highest BCUT2D eigenvalue weighted by Crippen LogP contribution is 2.24. The van der Waals surface area contributed by atoms with Crippen LogP contribution >= 0.6 is 11.3 Å². The number of hydrogen-bond donors (Lipinski definition) is 0. The van der Waals surface area contributed by atoms with E-state index in [1.807, 2.05) is 23.8 Å². The fraction of sp³-hybridized carbons (Fsp3) is 0.417. The zero-order valence-electron chi connectivity index (χ0n) is 10.3. The third-order valence-corrected chi connectivity index (χ3v) is 3.18. The van der Waals surface area contributed by atoms with Gasteiger partial charge in [-0.3, -0.25) is 4.79 Å². The van der Waals surface area contributed by atoms with Crippen LogP contribution in [0.3, 0.4) is 0 Å². The van der Waals surface area contributed by atoms with Gasteiger partial charge < -0.3 is 9.26 Å². The first kappa shape index (κ1) is 12.8. The molecule has 2 rings (SSSR count). The lowest BCUT2D eigenvalue weighted by atomic mass is 10.1. The van der Waals surface area contributed by atoms with Gasteiger partial charge in [-0.2, -0.15) is 16.3 Å². The number of rotatable bonds is 5. The van der Waals surface area contributed by atoms with E-state index in [4.69, 9.17) is 9.26 Å². The van der Waals surface area contributed by atoms with Crippen molar-refractivity contribution in [1.82, 2.24) is 10.1 Å². The predicted octanol–water partition coefficient (Wildman–Crippen LogP) is 2.85. The topological polar surface area (TPSA) is 65.2 Å². The van der Waals surface area contributed by atoms with Gasteiger partial charge in [0.05, 0.1) is 6.61 Å². The van der Waals surface area contributed by atoms with Crippen molar-refractivity contribution in [2.45, 2.75) is 26.2 Å². The lowest BCUT2D eigenvalue weighted by Gasteiger charge is -2.08. The molecular weight excluding hydrogens is 252 g/mol. The van der Waals surface area contributed by atoms with E-state index < -0.39 is 5.92 Å². The van der Waals surface area contributed by atoms with Crippen LogP contribution in [0.15, 0.2) is 21.3 Å². The molecular formula is C12H14N2O3S. The van der Waals surface area contributed by atoms with Gasteiger partial charge in [0, 0.05) is 10.9 Å². The molecule has 5 nitrogen and oxygen atoms in total. The van der Waals surface area contributed by atoms with Crippen molar-refractivity contribution in [3.63, 3.8) is 0 Å². The van der Waals surface area contributed by atoms with Gasteiger partial charge in [-0.05, 0) is 24.8 Å². The average Bonchev–Trinajstić information content (AvgIpc) is 3.00. The van der Waals surface area contributed by atoms with Gasteiger partial charge in [-0.1, -0.05) is 12.1 Å². The Labute approximate surface area is 109 Å². The minimum atomic E-state index is -0.482. The first-order chi connectivity index (χ1) is 8.76. The number of aromatic nitrogens is 2. The highest BCUT2D eigenvalue weighted by Gasteiger charge is 2.26. The van der Waals surface area contributed by atoms with Crippen molar-refractivity contribution in [1.29, 1.82) is 0 Å². The van der Waals surface area contributed by atoms with E-state index in [2.05, 4.69) is 10.1 Å². The lowest BCUT2D eigenvalue weighted by Crippen LogP contribution is -2.15. The third-order valence-electron chi connectivity index (χ3n) is 2.50. The second-order valence-electron chi connectivity index (χ2n) is 3.68. The summed E-state index contributed by atoms with van der Waals surface area (Å²) in [7, 11) is 0. The standard InChI is InChI=1S/C12H14N2O3S/c1-3-9(12(15)16-4-2)11-13-10(14-17-11)8-5-6-18-7-8/h5-7,9H,3-4H2,1-2H3. The fourth-order valence-electron chi connectivity index (χ4n) is 1.57. The van der Waals surface area contributed by atoms with Crippen LogP contribution < -0.4 is 0 Å². The van der Waals surface area contributed by atoms with Crippen molar-refractivity contribution in [2.24, 2.45) is 0 Å². The second kappa shape index (κ2) is 5.77. The molecule has 0 aliphatic heterocycles. The molecule has 2 aromatic heterocycles. The molecule has 0 bridgehead atoms. The van der Waals surface area contributed by atoms with Crippen molar-refractivity contribution in [3.8, 4) is 11.4 Å². The Morgan fingerprint density at radius 1 is 1.56 bits per heavy atom. The zero-order chi connectivity index (χ0) is 13.0. The molecule has 0 radical (unpaired) electrons. The van der Waals surface area contributed by atoms with Gasteiger partial charge in [0.2, 0.25) is 11.7 Å². The summed E-state index contributed by atoms with van der Waals surface area (Å²) in [6.45, 7) is 4.01. The Kier molecular flexibility index (Phi) is 4.09. The maximum Gasteiger partial charge on any atom is 0.318 e. The molecule has 1 unspecified atom stereocenters. The summed E-state index contributed by atoms with van der Waals surface area (Å²) in [5.74, 6) is 0.0245. The van der Waals surface area contributed by atoms with E-state index >= 15 is 0 Å². The van der Waals surface area contributed by atoms with Gasteiger partial charge in [0.15, 0.2) is 0 Å². The monoisotopic (exact) mass is 266 g/mol. The molecule has 0 aliphatic rings. The van der Waals surface area contributed by atoms with E-state index in [-0.39, 0.29) is 5.97 Å². The highest BCUT2D eigenvalue weighted by molar-refractivity contribution is 7.08. The zero-order valence-corrected chi connectivity index (χ0v) is 11.1. The molecule has 0 amide bonds. The van der Waals surface area contributed by atoms with Gasteiger partial charge in [0.25, 0.3) is 0 Å². The maximum absolute atomic E-state index is 11.7. The first-order valence-corrected chi connectivity index (χ1v) is 6.73. The number of ether oxygens (including phenoxy) is 1. The molecule has 0 saturated carbocycles. The van der Waals surface area contributed by atoms with Crippen LogP contribution in [-0.4, -0.2) is 22.7 Å². The highest BCUT2D eigenvalue weighted by atomic mass is 32.1. The van der Waals surface area contributed by atoms with E-state index in [9.17, 15) is 4.79 Å². The van der Waals surface area contributed by atoms with Crippen LogP contribution in [0.25, 0.3) is 11.4 Å². The maximum atomic E-state index is 11.7. The fourth-order valence-corrected chi connectivity index (χ4v) is 2.20. The Morgan fingerprint density at radius 2 is 2.39 bits per heavy atom. The van der Waals surface area contributed by atoms with Crippen molar-refractivity contribution < 1.29 is 14.1 Å². The number of esters is 1. The average molecular weight is 266 g/mol. The molecule has 1 atom stereocenters. The summed E-state index contributed by atoms with van der Waals surface area (Å²) >= 11 is 1.56. The van der Waals surface area contributed by atoms with Crippen LogP contribution in [-0.2, 0) is 9.53 Å². The van der Waals surface area contributed by atoms with Crippen LogP contribution in [0.4, 0.5) is 0 Å². The van der Waals surface area contributed by atoms with Gasteiger partial charge >= 0.3 is 5.97 Å². The van der Waals surface area contributed by atoms with Gasteiger partial charge in [-0.25, -0.2) is 0 Å². The van der Waals surface area contributed by atoms with E-state index in [0.29, 0.717) is 24.7 Å². The quantitative estimate of drug-likeness (QED) is 0.778. The van der Waals surface area contributed by atoms with E-state index in [1.54, 1.807) is 18.3 Å². The van der Waals surface area contributed by atoms with Gasteiger partial charge in [-0.15, -0.1) is 0 Å². The van der Waals surface area contributed by atoms with Crippen molar-refractivity contribution in [3.05, 3.63) is 22.7 Å². The third kappa shape index (κ3) is 2.59. The number of carbonyl (C=O) groups excluding carboxylic acids is 1. The molecule has 0 aromatic carbocycles. The second-order valence-corrected chi connectivity index (χ2v) is 4.46. The molecule has 0 fully saturated rings. The largest absolute Gasteiger partial charge is 0.465 e. The lowest BCUT2D eigenvalue weighted by molar-refractivity contribution is -0.145. The molecule has 0 N–H and O–H groups in total. The molecule has 2 aromatic rings. The summed E-state index contributed by atoms with van der Waals surface area (Å²) in [4.78, 5) is 16.0. The molecule has 0 aliphatic carbocycles. The van der Waals surface area contributed by atoms with E-state index in [1.165, 1.54) is 0 Å². The Balaban J connectivity index is 2.20. The van der Waals surface area contributed by atoms with Crippen LogP contribution in [0.5, 0.6) is 0 Å². The summed E-state index contributed by atoms with van der Waals surface area (Å²) in [5.41, 5.74) is 0.897. The van der Waals surface area contributed by atoms with Crippen molar-refractivity contribution >= 4 is 17.3 Å². The Hall–Kier alpha value is -1.69. The number of carbonyl (C=O) groups is 1. The minimum absolute atomic E-state index is 0.317. The molecule has 0 spiro atoms. The number of thiophene rings is 1. The number of hydrogen-bond acceptors (Lipinski definition) is 6. The van der Waals surface area contributed by atoms with Crippen LogP contribution in [0, 0.1) is 0 Å². The normalized spacial score (nSPS) is 12.3. The summed E-state index contributed by atoms with van der Waals surface area (Å²) in [6.07, 6.45) is 0.574. The summed E-state index contributed by atoms with van der Waals surface area (Å²) in [5, 5.41) is 7.75. The predicted molar refractivity (Wildman–Crippen MR) is 67.3 cm³/mol. The Bertz CT molecular complexity index is 507. The number of nitrogens with zero attached hydrogens (tertiary/aromatic N) is 2. The SMILES string of the molecule is CCOC(=O)C(CC)c1nc(-c2ccsc2)no1. The van der Waals surface area contributed by atoms with Crippen LogP contribution in [0.2, 0.25) is 0 Å². The molecule has 96 valence electrons. The first-order valence-electron chi connectivity index (χ1n) is 5.79. The molecule has 0 saturated heterocycles. The summed E-state index contributed by atoms with van der Waals surface area (Å²) < 4.78 is 10.1. The smallest absolute Gasteiger partial charge is 0.318 e. The van der Waals surface area contributed by atoms with Crippen LogP contribution in [0.1, 0.15) is 32.1 Å². The van der Waals surface area contributed by atoms with Gasteiger partial charge in [0.1, 0.15) is 5.92 Å². The molecule has 18 heavy (non-hydrogen) atoms. The molecule has 6 heteroatoms. The Morgan fingerprint density at radius 3 is 3.00 bits per heavy atom. The van der Waals surface area contributed by atoms with Crippen molar-refractivity contribution in [2.75, 3.05) is 6.61 Å². The van der Waals surface area contributed by atoms with E-state index in [0.717, 1.165) is 5.56 Å². The minimum Gasteiger partial charge on any atom is -0.465 e.